The van der Waals surface area contributed by atoms with Crippen LogP contribution in [0.15, 0.2) is 15.9 Å². The molecule has 2 rings (SSSR count). The third-order valence-corrected chi connectivity index (χ3v) is 3.02. The number of fused-ring (bicyclic) bond motifs is 1. The number of nitrogens with zero attached hydrogens (tertiary/aromatic N) is 4. The number of imidazole rings is 1. The SMILES string of the molecule is CCn1c(=O)c2c(ncn2CCCN)n(C)c1=O. The average molecular weight is 251 g/mol. The number of hydrogen-bond acceptors (Lipinski definition) is 4. The summed E-state index contributed by atoms with van der Waals surface area (Å²) in [6.07, 6.45) is 2.35. The molecule has 0 radical (unpaired) electrons. The van der Waals surface area contributed by atoms with Crippen LogP contribution in [0.4, 0.5) is 0 Å². The molecular formula is C11H17N5O2. The third-order valence-electron chi connectivity index (χ3n) is 3.02. The third kappa shape index (κ3) is 1.76. The summed E-state index contributed by atoms with van der Waals surface area (Å²) in [5.41, 5.74) is 5.73. The van der Waals surface area contributed by atoms with E-state index in [9.17, 15) is 9.59 Å². The molecule has 0 aliphatic rings. The second-order valence-electron chi connectivity index (χ2n) is 4.14. The molecule has 98 valence electrons. The second kappa shape index (κ2) is 4.77. The van der Waals surface area contributed by atoms with Crippen LogP contribution in [0.1, 0.15) is 13.3 Å². The lowest BCUT2D eigenvalue weighted by atomic mass is 10.4. The standard InChI is InChI=1S/C11H17N5O2/c1-3-16-10(17)8-9(14(2)11(16)18)13-7-15(8)6-4-5-12/h7H,3-6,12H2,1-2H3. The van der Waals surface area contributed by atoms with Gasteiger partial charge in [0.2, 0.25) is 0 Å². The Morgan fingerprint density at radius 3 is 2.72 bits per heavy atom. The molecule has 0 amide bonds. The van der Waals surface area contributed by atoms with E-state index in [4.69, 9.17) is 5.73 Å². The molecule has 0 bridgehead atoms. The van der Waals surface area contributed by atoms with Gasteiger partial charge in [-0.05, 0) is 19.9 Å². The molecule has 0 unspecified atom stereocenters. The minimum absolute atomic E-state index is 0.287. The van der Waals surface area contributed by atoms with Gasteiger partial charge in [-0.2, -0.15) is 0 Å². The van der Waals surface area contributed by atoms with Crippen molar-refractivity contribution in [3.8, 4) is 0 Å². The molecule has 0 aliphatic heterocycles. The maximum absolute atomic E-state index is 12.2. The van der Waals surface area contributed by atoms with E-state index in [1.807, 2.05) is 0 Å². The molecule has 2 aromatic heterocycles. The molecule has 0 atom stereocenters. The van der Waals surface area contributed by atoms with E-state index in [1.165, 1.54) is 9.13 Å². The van der Waals surface area contributed by atoms with Crippen molar-refractivity contribution in [3.63, 3.8) is 0 Å². The predicted octanol–water partition coefficient (Wildman–Crippen LogP) is -0.735. The average Bonchev–Trinajstić information content (AvgIpc) is 2.78. The molecular weight excluding hydrogens is 234 g/mol. The molecule has 2 aromatic rings. The maximum atomic E-state index is 12.2. The van der Waals surface area contributed by atoms with Crippen LogP contribution in [-0.2, 0) is 20.1 Å². The van der Waals surface area contributed by atoms with Gasteiger partial charge in [0.05, 0.1) is 6.33 Å². The first-order valence-corrected chi connectivity index (χ1v) is 5.96. The highest BCUT2D eigenvalue weighted by Crippen LogP contribution is 2.05. The molecule has 0 spiro atoms. The van der Waals surface area contributed by atoms with Crippen LogP contribution in [-0.4, -0.2) is 25.2 Å². The summed E-state index contributed by atoms with van der Waals surface area (Å²) in [5.74, 6) is 0. The lowest BCUT2D eigenvalue weighted by Crippen LogP contribution is -2.39. The number of rotatable bonds is 4. The lowest BCUT2D eigenvalue weighted by Gasteiger charge is -2.07. The summed E-state index contributed by atoms with van der Waals surface area (Å²) in [7, 11) is 1.62. The number of aryl methyl sites for hydroxylation is 2. The van der Waals surface area contributed by atoms with Crippen molar-refractivity contribution >= 4 is 11.2 Å². The summed E-state index contributed by atoms with van der Waals surface area (Å²) in [6.45, 7) is 3.30. The molecule has 0 saturated heterocycles. The minimum atomic E-state index is -0.334. The molecule has 0 aliphatic carbocycles. The Balaban J connectivity index is 2.77. The van der Waals surface area contributed by atoms with Gasteiger partial charge >= 0.3 is 5.69 Å². The van der Waals surface area contributed by atoms with Gasteiger partial charge in [-0.25, -0.2) is 9.78 Å². The van der Waals surface area contributed by atoms with Crippen molar-refractivity contribution in [2.45, 2.75) is 26.4 Å². The quantitative estimate of drug-likeness (QED) is 0.775. The van der Waals surface area contributed by atoms with Gasteiger partial charge in [0, 0.05) is 20.1 Å². The molecule has 2 heterocycles. The predicted molar refractivity (Wildman–Crippen MR) is 68.6 cm³/mol. The Hall–Kier alpha value is -1.89. The number of nitrogens with two attached hydrogens (primary N) is 1. The number of hydrogen-bond donors (Lipinski definition) is 1. The van der Waals surface area contributed by atoms with Gasteiger partial charge in [0.15, 0.2) is 11.2 Å². The zero-order chi connectivity index (χ0) is 13.3. The normalized spacial score (nSPS) is 11.3. The van der Waals surface area contributed by atoms with E-state index in [1.54, 1.807) is 24.9 Å². The highest BCUT2D eigenvalue weighted by Gasteiger charge is 2.14. The van der Waals surface area contributed by atoms with Crippen LogP contribution in [0.25, 0.3) is 11.2 Å². The van der Waals surface area contributed by atoms with Crippen LogP contribution in [0.5, 0.6) is 0 Å². The van der Waals surface area contributed by atoms with Crippen LogP contribution < -0.4 is 17.0 Å². The van der Waals surface area contributed by atoms with Crippen LogP contribution in [0.2, 0.25) is 0 Å². The van der Waals surface area contributed by atoms with E-state index >= 15 is 0 Å². The fourth-order valence-electron chi connectivity index (χ4n) is 2.03. The highest BCUT2D eigenvalue weighted by molar-refractivity contribution is 5.69. The lowest BCUT2D eigenvalue weighted by molar-refractivity contribution is 0.624. The molecule has 0 fully saturated rings. The van der Waals surface area contributed by atoms with Gasteiger partial charge in [-0.15, -0.1) is 0 Å². The van der Waals surface area contributed by atoms with E-state index in [0.29, 0.717) is 30.8 Å². The minimum Gasteiger partial charge on any atom is -0.330 e. The van der Waals surface area contributed by atoms with Crippen molar-refractivity contribution < 1.29 is 0 Å². The molecule has 2 N–H and O–H groups in total. The van der Waals surface area contributed by atoms with Crippen LogP contribution in [0, 0.1) is 0 Å². The van der Waals surface area contributed by atoms with Crippen molar-refractivity contribution in [2.24, 2.45) is 12.8 Å². The molecule has 0 saturated carbocycles. The van der Waals surface area contributed by atoms with Crippen molar-refractivity contribution in [1.82, 2.24) is 18.7 Å². The summed E-state index contributed by atoms with van der Waals surface area (Å²) < 4.78 is 4.37. The Bertz CT molecular complexity index is 679. The van der Waals surface area contributed by atoms with Crippen LogP contribution >= 0.6 is 0 Å². The molecule has 7 nitrogen and oxygen atoms in total. The summed E-state index contributed by atoms with van der Waals surface area (Å²) in [6, 6.07) is 0. The van der Waals surface area contributed by atoms with Gasteiger partial charge in [-0.1, -0.05) is 0 Å². The molecule has 7 heteroatoms. The fourth-order valence-corrected chi connectivity index (χ4v) is 2.03. The van der Waals surface area contributed by atoms with E-state index < -0.39 is 0 Å². The van der Waals surface area contributed by atoms with Gasteiger partial charge in [0.1, 0.15) is 0 Å². The van der Waals surface area contributed by atoms with E-state index in [0.717, 1.165) is 6.42 Å². The molecule has 18 heavy (non-hydrogen) atoms. The molecule has 0 aromatic carbocycles. The highest BCUT2D eigenvalue weighted by atomic mass is 16.2. The Morgan fingerprint density at radius 2 is 2.11 bits per heavy atom. The van der Waals surface area contributed by atoms with Crippen LogP contribution in [0.3, 0.4) is 0 Å². The van der Waals surface area contributed by atoms with E-state index in [2.05, 4.69) is 4.98 Å². The largest absolute Gasteiger partial charge is 0.332 e. The zero-order valence-electron chi connectivity index (χ0n) is 10.6. The topological polar surface area (TPSA) is 87.8 Å². The maximum Gasteiger partial charge on any atom is 0.332 e. The van der Waals surface area contributed by atoms with Crippen molar-refractivity contribution in [3.05, 3.63) is 27.2 Å². The van der Waals surface area contributed by atoms with Gasteiger partial charge in [0.25, 0.3) is 5.56 Å². The Morgan fingerprint density at radius 1 is 1.39 bits per heavy atom. The van der Waals surface area contributed by atoms with Gasteiger partial charge in [-0.3, -0.25) is 13.9 Å². The smallest absolute Gasteiger partial charge is 0.330 e. The van der Waals surface area contributed by atoms with Crippen molar-refractivity contribution in [2.75, 3.05) is 6.54 Å². The van der Waals surface area contributed by atoms with E-state index in [-0.39, 0.29) is 11.2 Å². The summed E-state index contributed by atoms with van der Waals surface area (Å²) in [4.78, 5) is 28.3. The monoisotopic (exact) mass is 251 g/mol. The van der Waals surface area contributed by atoms with Gasteiger partial charge < -0.3 is 10.3 Å². The fraction of sp³-hybridized carbons (Fsp3) is 0.545. The summed E-state index contributed by atoms with van der Waals surface area (Å²) in [5, 5.41) is 0. The van der Waals surface area contributed by atoms with Crippen molar-refractivity contribution in [1.29, 1.82) is 0 Å². The summed E-state index contributed by atoms with van der Waals surface area (Å²) >= 11 is 0. The first-order valence-electron chi connectivity index (χ1n) is 5.96. The first kappa shape index (κ1) is 12.6. The Labute approximate surface area is 103 Å². The number of aromatic nitrogens is 4. The second-order valence-corrected chi connectivity index (χ2v) is 4.14. The Kier molecular flexibility index (Phi) is 3.33. The zero-order valence-corrected chi connectivity index (χ0v) is 10.6. The first-order chi connectivity index (χ1) is 8.61.